The van der Waals surface area contributed by atoms with Crippen molar-refractivity contribution in [2.45, 2.75) is 23.8 Å². The minimum Gasteiger partial charge on any atom is -0.465 e. The summed E-state index contributed by atoms with van der Waals surface area (Å²) in [6.45, 7) is 1.06. The molecule has 2 heterocycles. The standard InChI is InChI=1S/C16H20N2O4S2/c1-17-10-11-6-5-9-18(11)24(20,21)15-12-7-3-4-8-13(12)23-14(15)16(19)22-2/h3-4,7-8,11,17H,5-6,9-10H2,1-2H3. The lowest BCUT2D eigenvalue weighted by Crippen LogP contribution is -2.41. The van der Waals surface area contributed by atoms with Gasteiger partial charge in [0.2, 0.25) is 10.0 Å². The summed E-state index contributed by atoms with van der Waals surface area (Å²) in [5.41, 5.74) is 0. The molecule has 0 amide bonds. The zero-order valence-corrected chi connectivity index (χ0v) is 15.2. The van der Waals surface area contributed by atoms with Crippen LogP contribution in [0.4, 0.5) is 0 Å². The van der Waals surface area contributed by atoms with E-state index in [4.69, 9.17) is 4.74 Å². The van der Waals surface area contributed by atoms with Gasteiger partial charge in [-0.15, -0.1) is 11.3 Å². The van der Waals surface area contributed by atoms with Crippen molar-refractivity contribution in [1.29, 1.82) is 0 Å². The number of fused-ring (bicyclic) bond motifs is 1. The summed E-state index contributed by atoms with van der Waals surface area (Å²) in [4.78, 5) is 12.4. The number of likely N-dealkylation sites (N-methyl/N-ethyl adjacent to an activating group) is 1. The molecule has 3 rings (SSSR count). The van der Waals surface area contributed by atoms with Gasteiger partial charge in [-0.25, -0.2) is 13.2 Å². The van der Waals surface area contributed by atoms with E-state index in [1.807, 2.05) is 19.2 Å². The summed E-state index contributed by atoms with van der Waals surface area (Å²) in [6.07, 6.45) is 1.64. The summed E-state index contributed by atoms with van der Waals surface area (Å²) in [6, 6.07) is 7.08. The number of rotatable bonds is 5. The first-order valence-electron chi connectivity index (χ1n) is 7.77. The van der Waals surface area contributed by atoms with Gasteiger partial charge in [0.1, 0.15) is 9.77 Å². The van der Waals surface area contributed by atoms with Gasteiger partial charge in [-0.2, -0.15) is 4.31 Å². The van der Waals surface area contributed by atoms with E-state index < -0.39 is 16.0 Å². The highest BCUT2D eigenvalue weighted by Gasteiger charge is 2.39. The Hall–Kier alpha value is -1.48. The van der Waals surface area contributed by atoms with Gasteiger partial charge < -0.3 is 10.1 Å². The van der Waals surface area contributed by atoms with Crippen molar-refractivity contribution in [3.63, 3.8) is 0 Å². The van der Waals surface area contributed by atoms with Crippen molar-refractivity contribution < 1.29 is 17.9 Å². The second kappa shape index (κ2) is 6.79. The molecule has 0 spiro atoms. The largest absolute Gasteiger partial charge is 0.465 e. The number of thiophene rings is 1. The van der Waals surface area contributed by atoms with Crippen LogP contribution >= 0.6 is 11.3 Å². The molecule has 1 unspecified atom stereocenters. The maximum absolute atomic E-state index is 13.3. The zero-order chi connectivity index (χ0) is 17.3. The molecule has 0 aliphatic carbocycles. The summed E-state index contributed by atoms with van der Waals surface area (Å²) < 4.78 is 33.8. The average molecular weight is 368 g/mol. The molecule has 1 aromatic heterocycles. The quantitative estimate of drug-likeness (QED) is 0.818. The molecule has 1 aromatic carbocycles. The summed E-state index contributed by atoms with van der Waals surface area (Å²) in [7, 11) is -0.701. The van der Waals surface area contributed by atoms with E-state index in [0.717, 1.165) is 28.9 Å². The van der Waals surface area contributed by atoms with Crippen molar-refractivity contribution in [3.8, 4) is 0 Å². The van der Waals surface area contributed by atoms with Crippen LogP contribution < -0.4 is 5.32 Å². The zero-order valence-electron chi connectivity index (χ0n) is 13.6. The highest BCUT2D eigenvalue weighted by Crippen LogP contribution is 2.38. The summed E-state index contributed by atoms with van der Waals surface area (Å²) >= 11 is 1.16. The first-order valence-corrected chi connectivity index (χ1v) is 10.0. The molecule has 24 heavy (non-hydrogen) atoms. The molecule has 1 aliphatic rings. The summed E-state index contributed by atoms with van der Waals surface area (Å²) in [5.74, 6) is -0.612. The van der Waals surface area contributed by atoms with Gasteiger partial charge in [-0.1, -0.05) is 18.2 Å². The predicted octanol–water partition coefficient (Wildman–Crippen LogP) is 2.06. The maximum Gasteiger partial charge on any atom is 0.349 e. The van der Waals surface area contributed by atoms with Gasteiger partial charge in [-0.05, 0) is 26.0 Å². The molecule has 1 N–H and O–H groups in total. The third-order valence-corrected chi connectivity index (χ3v) is 7.57. The first-order chi connectivity index (χ1) is 11.5. The number of hydrogen-bond acceptors (Lipinski definition) is 6. The van der Waals surface area contributed by atoms with Crippen LogP contribution in [0.15, 0.2) is 29.2 Å². The molecule has 1 saturated heterocycles. The average Bonchev–Trinajstić information content (AvgIpc) is 3.19. The van der Waals surface area contributed by atoms with Gasteiger partial charge >= 0.3 is 5.97 Å². The number of sulfonamides is 1. The van der Waals surface area contributed by atoms with E-state index in [2.05, 4.69) is 5.32 Å². The number of carbonyl (C=O) groups is 1. The molecule has 6 nitrogen and oxygen atoms in total. The highest BCUT2D eigenvalue weighted by molar-refractivity contribution is 7.89. The summed E-state index contributed by atoms with van der Waals surface area (Å²) in [5, 5.41) is 3.63. The van der Waals surface area contributed by atoms with Crippen molar-refractivity contribution in [2.24, 2.45) is 0 Å². The lowest BCUT2D eigenvalue weighted by atomic mass is 10.2. The minimum absolute atomic E-state index is 0.0814. The van der Waals surface area contributed by atoms with E-state index in [1.54, 1.807) is 12.1 Å². The van der Waals surface area contributed by atoms with Crippen LogP contribution in [0.2, 0.25) is 0 Å². The minimum atomic E-state index is -3.78. The van der Waals surface area contributed by atoms with E-state index in [9.17, 15) is 13.2 Å². The third-order valence-electron chi connectivity index (χ3n) is 4.25. The molecule has 2 aromatic rings. The molecule has 1 atom stereocenters. The number of nitrogens with one attached hydrogen (secondary N) is 1. The van der Waals surface area contributed by atoms with Gasteiger partial charge in [0, 0.05) is 29.2 Å². The monoisotopic (exact) mass is 368 g/mol. The second-order valence-electron chi connectivity index (χ2n) is 5.72. The number of methoxy groups -OCH3 is 1. The third kappa shape index (κ3) is 2.83. The lowest BCUT2D eigenvalue weighted by Gasteiger charge is -2.24. The number of hydrogen-bond donors (Lipinski definition) is 1. The Labute approximate surface area is 145 Å². The number of benzene rings is 1. The van der Waals surface area contributed by atoms with Crippen LogP contribution in [0.25, 0.3) is 10.1 Å². The molecular formula is C16H20N2O4S2. The van der Waals surface area contributed by atoms with E-state index in [1.165, 1.54) is 11.4 Å². The molecule has 1 aliphatic heterocycles. The molecule has 0 bridgehead atoms. The van der Waals surface area contributed by atoms with Crippen molar-refractivity contribution in [2.75, 3.05) is 27.2 Å². The molecule has 1 fully saturated rings. The van der Waals surface area contributed by atoms with Crippen molar-refractivity contribution >= 4 is 37.4 Å². The molecule has 0 radical (unpaired) electrons. The molecule has 0 saturated carbocycles. The SMILES string of the molecule is CNCC1CCCN1S(=O)(=O)c1c(C(=O)OC)sc2ccccc12. The normalized spacial score (nSPS) is 19.0. The Balaban J connectivity index is 2.18. The number of ether oxygens (including phenoxy) is 1. The second-order valence-corrected chi connectivity index (χ2v) is 8.60. The van der Waals surface area contributed by atoms with Crippen LogP contribution in [0.1, 0.15) is 22.5 Å². The van der Waals surface area contributed by atoms with Crippen molar-refractivity contribution in [3.05, 3.63) is 29.1 Å². The smallest absolute Gasteiger partial charge is 0.349 e. The van der Waals surface area contributed by atoms with Gasteiger partial charge in [0.05, 0.1) is 7.11 Å². The Morgan fingerprint density at radius 3 is 2.88 bits per heavy atom. The molecular weight excluding hydrogens is 348 g/mol. The van der Waals surface area contributed by atoms with Crippen LogP contribution in [-0.2, 0) is 14.8 Å². The molecule has 130 valence electrons. The fourth-order valence-corrected chi connectivity index (χ4v) is 6.66. The van der Waals surface area contributed by atoms with Crippen LogP contribution in [0.5, 0.6) is 0 Å². The molecule has 8 heteroatoms. The predicted molar refractivity (Wildman–Crippen MR) is 94.0 cm³/mol. The van der Waals surface area contributed by atoms with E-state index in [0.29, 0.717) is 18.5 Å². The van der Waals surface area contributed by atoms with Crippen LogP contribution in [0, 0.1) is 0 Å². The van der Waals surface area contributed by atoms with Crippen molar-refractivity contribution in [1.82, 2.24) is 9.62 Å². The number of nitrogens with zero attached hydrogens (tertiary/aromatic N) is 1. The highest BCUT2D eigenvalue weighted by atomic mass is 32.2. The fraction of sp³-hybridized carbons (Fsp3) is 0.438. The van der Waals surface area contributed by atoms with Gasteiger partial charge in [-0.3, -0.25) is 0 Å². The number of esters is 1. The Morgan fingerprint density at radius 1 is 1.42 bits per heavy atom. The maximum atomic E-state index is 13.3. The fourth-order valence-electron chi connectivity index (χ4n) is 3.19. The lowest BCUT2D eigenvalue weighted by molar-refractivity contribution is 0.0602. The van der Waals surface area contributed by atoms with E-state index in [-0.39, 0.29) is 15.8 Å². The Kier molecular flexibility index (Phi) is 4.91. The Bertz CT molecular complexity index is 860. The van der Waals surface area contributed by atoms with Gasteiger partial charge in [0.25, 0.3) is 0 Å². The van der Waals surface area contributed by atoms with Crippen LogP contribution in [0.3, 0.4) is 0 Å². The van der Waals surface area contributed by atoms with Gasteiger partial charge in [0.15, 0.2) is 0 Å². The Morgan fingerprint density at radius 2 is 2.17 bits per heavy atom. The van der Waals surface area contributed by atoms with E-state index >= 15 is 0 Å². The van der Waals surface area contributed by atoms with Crippen LogP contribution in [-0.4, -0.2) is 52.0 Å². The number of carbonyl (C=O) groups excluding carboxylic acids is 1. The first kappa shape index (κ1) is 17.3. The topological polar surface area (TPSA) is 75.7 Å².